The Morgan fingerprint density at radius 2 is 2.11 bits per heavy atom. The van der Waals surface area contributed by atoms with Crippen molar-refractivity contribution in [1.82, 2.24) is 0 Å². The molecule has 0 aromatic heterocycles. The third-order valence-corrected chi connectivity index (χ3v) is 1.97. The Morgan fingerprint density at radius 3 is 2.74 bits per heavy atom. The van der Waals surface area contributed by atoms with Gasteiger partial charge in [0.2, 0.25) is 0 Å². The van der Waals surface area contributed by atoms with Crippen LogP contribution in [0.4, 0.5) is 4.39 Å². The van der Waals surface area contributed by atoms with Gasteiger partial charge < -0.3 is 14.6 Å². The number of halogens is 1. The number of aliphatic carboxylic acids is 1. The number of hydrogen-bond acceptors (Lipinski definition) is 4. The molecular weight excluding hydrogens is 255 g/mol. The van der Waals surface area contributed by atoms with Crippen LogP contribution in [0.15, 0.2) is 24.3 Å². The van der Waals surface area contributed by atoms with E-state index in [9.17, 15) is 14.0 Å². The summed E-state index contributed by atoms with van der Waals surface area (Å²) in [7, 11) is 0. The molecule has 0 fully saturated rings. The lowest BCUT2D eigenvalue weighted by molar-refractivity contribution is -0.145. The molecule has 0 heterocycles. The van der Waals surface area contributed by atoms with Crippen LogP contribution in [0.25, 0.3) is 6.08 Å². The molecule has 6 heteroatoms. The molecular formula is C13H13FO5. The van der Waals surface area contributed by atoms with E-state index in [1.165, 1.54) is 12.1 Å². The molecule has 0 saturated carbocycles. The van der Waals surface area contributed by atoms with E-state index in [0.717, 1.165) is 18.2 Å². The van der Waals surface area contributed by atoms with Gasteiger partial charge in [0.15, 0.2) is 6.61 Å². The van der Waals surface area contributed by atoms with Gasteiger partial charge in [0.25, 0.3) is 0 Å². The number of benzene rings is 1. The predicted molar refractivity (Wildman–Crippen MR) is 65.2 cm³/mol. The van der Waals surface area contributed by atoms with Crippen molar-refractivity contribution in [2.75, 3.05) is 13.2 Å². The Morgan fingerprint density at radius 1 is 1.37 bits per heavy atom. The number of carboxylic acids is 1. The number of rotatable bonds is 6. The zero-order valence-electron chi connectivity index (χ0n) is 10.3. The van der Waals surface area contributed by atoms with Crippen molar-refractivity contribution in [2.24, 2.45) is 0 Å². The maximum atomic E-state index is 13.2. The summed E-state index contributed by atoms with van der Waals surface area (Å²) in [6, 6.07) is 3.66. The Kier molecular flexibility index (Phi) is 5.53. The molecule has 1 rings (SSSR count). The first-order valence-corrected chi connectivity index (χ1v) is 5.51. The molecule has 0 amide bonds. The molecule has 1 aromatic rings. The molecule has 0 bridgehead atoms. The number of carboxylic acid groups (broad SMARTS) is 1. The van der Waals surface area contributed by atoms with Gasteiger partial charge in [0, 0.05) is 12.1 Å². The van der Waals surface area contributed by atoms with Crippen LogP contribution in [0.3, 0.4) is 0 Å². The lowest BCUT2D eigenvalue weighted by Gasteiger charge is -2.06. The zero-order valence-corrected chi connectivity index (χ0v) is 10.3. The number of ether oxygens (including phenoxy) is 2. The first kappa shape index (κ1) is 14.7. The fourth-order valence-electron chi connectivity index (χ4n) is 1.28. The Labute approximate surface area is 109 Å². The molecule has 0 spiro atoms. The van der Waals surface area contributed by atoms with E-state index in [4.69, 9.17) is 9.84 Å². The summed E-state index contributed by atoms with van der Waals surface area (Å²) >= 11 is 0. The van der Waals surface area contributed by atoms with Crippen molar-refractivity contribution in [1.29, 1.82) is 0 Å². The lowest BCUT2D eigenvalue weighted by atomic mass is 10.2. The molecule has 0 aliphatic carbocycles. The maximum Gasteiger partial charge on any atom is 0.344 e. The molecule has 0 aliphatic heterocycles. The van der Waals surface area contributed by atoms with E-state index < -0.39 is 17.8 Å². The molecule has 0 saturated heterocycles. The summed E-state index contributed by atoms with van der Waals surface area (Å²) < 4.78 is 23.0. The van der Waals surface area contributed by atoms with E-state index in [0.29, 0.717) is 5.56 Å². The second-order valence-corrected chi connectivity index (χ2v) is 3.49. The highest BCUT2D eigenvalue weighted by Crippen LogP contribution is 2.17. The van der Waals surface area contributed by atoms with Gasteiger partial charge in [0.05, 0.1) is 6.61 Å². The molecule has 0 atom stereocenters. The maximum absolute atomic E-state index is 13.2. The van der Waals surface area contributed by atoms with Gasteiger partial charge >= 0.3 is 11.9 Å². The number of carbonyl (C=O) groups excluding carboxylic acids is 1. The van der Waals surface area contributed by atoms with Crippen molar-refractivity contribution in [3.8, 4) is 5.75 Å². The largest absolute Gasteiger partial charge is 0.482 e. The van der Waals surface area contributed by atoms with E-state index in [2.05, 4.69) is 4.74 Å². The predicted octanol–water partition coefficient (Wildman–Crippen LogP) is 1.87. The minimum absolute atomic E-state index is 0.123. The highest BCUT2D eigenvalue weighted by Gasteiger charge is 2.05. The molecule has 1 aromatic carbocycles. The summed E-state index contributed by atoms with van der Waals surface area (Å²) in [4.78, 5) is 21.4. The molecule has 1 N–H and O–H groups in total. The monoisotopic (exact) mass is 268 g/mol. The second-order valence-electron chi connectivity index (χ2n) is 3.49. The van der Waals surface area contributed by atoms with Gasteiger partial charge in [-0.3, -0.25) is 0 Å². The number of carbonyl (C=O) groups is 2. The first-order valence-electron chi connectivity index (χ1n) is 5.51. The van der Waals surface area contributed by atoms with E-state index in [1.807, 2.05) is 0 Å². The molecule has 102 valence electrons. The van der Waals surface area contributed by atoms with Crippen molar-refractivity contribution < 1.29 is 28.6 Å². The Hall–Kier alpha value is -2.37. The zero-order chi connectivity index (χ0) is 14.3. The van der Waals surface area contributed by atoms with E-state index in [1.54, 1.807) is 6.92 Å². The van der Waals surface area contributed by atoms with Gasteiger partial charge in [-0.1, -0.05) is 0 Å². The van der Waals surface area contributed by atoms with Crippen LogP contribution >= 0.6 is 0 Å². The SMILES string of the molecule is CCOC(=O)COc1cc(F)cc(/C=C/C(=O)O)c1. The summed E-state index contributed by atoms with van der Waals surface area (Å²) in [6.07, 6.45) is 2.10. The first-order chi connectivity index (χ1) is 9.01. The van der Waals surface area contributed by atoms with Crippen molar-refractivity contribution in [3.05, 3.63) is 35.7 Å². The average molecular weight is 268 g/mol. The smallest absolute Gasteiger partial charge is 0.344 e. The van der Waals surface area contributed by atoms with Gasteiger partial charge in [0.1, 0.15) is 11.6 Å². The normalized spacial score (nSPS) is 10.4. The topological polar surface area (TPSA) is 72.8 Å². The Bertz CT molecular complexity index is 496. The van der Waals surface area contributed by atoms with Crippen LogP contribution in [0.5, 0.6) is 5.75 Å². The summed E-state index contributed by atoms with van der Waals surface area (Å²) in [6.45, 7) is 1.56. The summed E-state index contributed by atoms with van der Waals surface area (Å²) in [5.41, 5.74) is 0.321. The van der Waals surface area contributed by atoms with Crippen LogP contribution in [-0.2, 0) is 14.3 Å². The van der Waals surface area contributed by atoms with Gasteiger partial charge in [-0.15, -0.1) is 0 Å². The number of esters is 1. The standard InChI is InChI=1S/C13H13FO5/c1-2-18-13(17)8-19-11-6-9(3-4-12(15)16)5-10(14)7-11/h3-7H,2,8H2,1H3,(H,15,16)/b4-3+. The third-order valence-electron chi connectivity index (χ3n) is 1.97. The minimum Gasteiger partial charge on any atom is -0.482 e. The van der Waals surface area contributed by atoms with Gasteiger partial charge in [-0.2, -0.15) is 0 Å². The highest BCUT2D eigenvalue weighted by molar-refractivity contribution is 5.85. The van der Waals surface area contributed by atoms with Gasteiger partial charge in [-0.25, -0.2) is 14.0 Å². The summed E-state index contributed by atoms with van der Waals surface area (Å²) in [5, 5.41) is 8.48. The van der Waals surface area contributed by atoms with E-state index in [-0.39, 0.29) is 19.0 Å². The fourth-order valence-corrected chi connectivity index (χ4v) is 1.28. The van der Waals surface area contributed by atoms with Crippen molar-refractivity contribution >= 4 is 18.0 Å². The molecule has 5 nitrogen and oxygen atoms in total. The van der Waals surface area contributed by atoms with E-state index >= 15 is 0 Å². The van der Waals surface area contributed by atoms with Crippen molar-refractivity contribution in [3.63, 3.8) is 0 Å². The second kappa shape index (κ2) is 7.15. The molecule has 0 radical (unpaired) electrons. The minimum atomic E-state index is -1.14. The lowest BCUT2D eigenvalue weighted by Crippen LogP contribution is -2.14. The van der Waals surface area contributed by atoms with Crippen LogP contribution in [0, 0.1) is 5.82 Å². The van der Waals surface area contributed by atoms with Crippen LogP contribution < -0.4 is 4.74 Å². The highest BCUT2D eigenvalue weighted by atomic mass is 19.1. The Balaban J connectivity index is 2.73. The quantitative estimate of drug-likeness (QED) is 0.629. The third kappa shape index (κ3) is 5.67. The number of hydrogen-bond donors (Lipinski definition) is 1. The molecule has 19 heavy (non-hydrogen) atoms. The fraction of sp³-hybridized carbons (Fsp3) is 0.231. The molecule has 0 unspecified atom stereocenters. The summed E-state index contributed by atoms with van der Waals surface area (Å²) in [5.74, 6) is -2.17. The van der Waals surface area contributed by atoms with Crippen LogP contribution in [0.2, 0.25) is 0 Å². The van der Waals surface area contributed by atoms with Crippen LogP contribution in [-0.4, -0.2) is 30.3 Å². The van der Waals surface area contributed by atoms with Gasteiger partial charge in [-0.05, 0) is 30.7 Å². The van der Waals surface area contributed by atoms with Crippen molar-refractivity contribution in [2.45, 2.75) is 6.92 Å². The average Bonchev–Trinajstić information content (AvgIpc) is 2.34. The molecule has 0 aliphatic rings. The van der Waals surface area contributed by atoms with Crippen LogP contribution in [0.1, 0.15) is 12.5 Å².